The van der Waals surface area contributed by atoms with Crippen molar-refractivity contribution >= 4 is 92.5 Å². The lowest BCUT2D eigenvalue weighted by Gasteiger charge is -2.35. The summed E-state index contributed by atoms with van der Waals surface area (Å²) in [7, 11) is 2.10. The van der Waals surface area contributed by atoms with E-state index in [2.05, 4.69) is 42.5 Å². The fraction of sp³-hybridized carbons (Fsp3) is 0.636. The zero-order valence-electron chi connectivity index (χ0n) is 54.2. The Morgan fingerprint density at radius 1 is 0.359 bits per heavy atom. The van der Waals surface area contributed by atoms with Crippen molar-refractivity contribution in [3.63, 3.8) is 0 Å². The first-order valence-corrected chi connectivity index (χ1v) is 35.5. The summed E-state index contributed by atoms with van der Waals surface area (Å²) < 4.78 is 0. The van der Waals surface area contributed by atoms with Crippen LogP contribution in [0.25, 0.3) is 0 Å². The molecule has 0 aliphatic carbocycles. The molecular weight excluding hydrogens is 1220 g/mol. The van der Waals surface area contributed by atoms with Gasteiger partial charge in [-0.2, -0.15) is 0 Å². The zero-order chi connectivity index (χ0) is 66.5. The Morgan fingerprint density at radius 2 is 0.652 bits per heavy atom. The number of fused-ring (bicyclic) bond motifs is 4. The Morgan fingerprint density at radius 3 is 0.978 bits per heavy atom. The van der Waals surface area contributed by atoms with Crippen molar-refractivity contribution < 1.29 is 57.5 Å². The molecule has 6 aliphatic heterocycles. The van der Waals surface area contributed by atoms with Crippen LogP contribution in [0.15, 0.2) is 60.7 Å². The predicted molar refractivity (Wildman–Crippen MR) is 348 cm³/mol. The van der Waals surface area contributed by atoms with Crippen LogP contribution in [0.5, 0.6) is 0 Å². The Labute approximate surface area is 547 Å². The number of rotatable bonds is 15. The lowest BCUT2D eigenvalue weighted by atomic mass is 9.95. The van der Waals surface area contributed by atoms with Gasteiger partial charge in [0.2, 0.25) is 70.9 Å². The first kappa shape index (κ1) is 70.6. The summed E-state index contributed by atoms with van der Waals surface area (Å²) in [5.41, 5.74) is 1.36. The molecule has 8 rings (SSSR count). The van der Waals surface area contributed by atoms with Gasteiger partial charge in [-0.15, -0.1) is 0 Å². The third-order valence-corrected chi connectivity index (χ3v) is 21.4. The van der Waals surface area contributed by atoms with E-state index in [1.165, 1.54) is 19.6 Å². The number of benzene rings is 2. The van der Waals surface area contributed by atoms with Gasteiger partial charge < -0.3 is 62.1 Å². The van der Waals surface area contributed by atoms with Crippen molar-refractivity contribution in [1.82, 2.24) is 62.1 Å². The number of amides is 12. The van der Waals surface area contributed by atoms with E-state index >= 15 is 9.59 Å². The van der Waals surface area contributed by atoms with E-state index in [-0.39, 0.29) is 62.3 Å². The molecule has 0 bridgehead atoms. The normalized spacial score (nSPS) is 29.5. The summed E-state index contributed by atoms with van der Waals surface area (Å²) >= 11 is 0. The molecule has 6 fully saturated rings. The number of hydrogen-bond acceptors (Lipinski definition) is 14. The molecule has 26 heteroatoms. The Bertz CT molecular complexity index is 2820. The maximum Gasteiger partial charge on any atom is 0.246 e. The summed E-state index contributed by atoms with van der Waals surface area (Å²) in [6, 6.07) is 4.12. The van der Waals surface area contributed by atoms with Gasteiger partial charge in [0.05, 0.1) is 0 Å². The molecule has 14 atom stereocenters. The van der Waals surface area contributed by atoms with Gasteiger partial charge in [-0.25, -0.2) is 0 Å². The molecule has 2 aromatic carbocycles. The molecule has 6 aliphatic rings. The minimum Gasteiger partial charge on any atom is -0.342 e. The number of carbonyl (C=O) groups is 12. The predicted octanol–water partition coefficient (Wildman–Crippen LogP) is 2.13. The molecule has 8 N–H and O–H groups in total. The fourth-order valence-electron chi connectivity index (χ4n) is 13.1. The van der Waals surface area contributed by atoms with Crippen LogP contribution in [0, 0.1) is 23.7 Å². The largest absolute Gasteiger partial charge is 0.342 e. The maximum atomic E-state index is 15.0. The molecule has 0 aromatic heterocycles. The van der Waals surface area contributed by atoms with Crippen molar-refractivity contribution in [2.45, 2.75) is 205 Å². The highest BCUT2D eigenvalue weighted by atomic mass is 33.1. The van der Waals surface area contributed by atoms with Crippen LogP contribution < -0.4 is 42.5 Å². The highest BCUT2D eigenvalue weighted by Crippen LogP contribution is 2.30. The molecular formula is C66H94N12O12S2. The fourth-order valence-corrected chi connectivity index (χ4v) is 15.5. The van der Waals surface area contributed by atoms with E-state index in [1.807, 2.05) is 13.8 Å². The van der Waals surface area contributed by atoms with E-state index in [0.29, 0.717) is 75.3 Å². The van der Waals surface area contributed by atoms with Gasteiger partial charge in [0.1, 0.15) is 72.5 Å². The van der Waals surface area contributed by atoms with Gasteiger partial charge in [0.15, 0.2) is 0 Å². The number of nitrogens with one attached hydrogen (secondary N) is 8. The first-order valence-electron chi connectivity index (χ1n) is 33.0. The minimum absolute atomic E-state index is 0.0169. The van der Waals surface area contributed by atoms with Crippen molar-refractivity contribution in [3.05, 3.63) is 71.8 Å². The van der Waals surface area contributed by atoms with Crippen LogP contribution in [0.2, 0.25) is 0 Å². The Hall–Kier alpha value is -7.22. The van der Waals surface area contributed by atoms with E-state index in [1.54, 1.807) is 102 Å². The molecule has 24 nitrogen and oxygen atoms in total. The van der Waals surface area contributed by atoms with Gasteiger partial charge >= 0.3 is 0 Å². The molecule has 6 heterocycles. The quantitative estimate of drug-likeness (QED) is 0.0937. The molecule has 0 saturated carbocycles. The summed E-state index contributed by atoms with van der Waals surface area (Å²) in [5.74, 6) is -9.54. The number of nitrogens with zero attached hydrogens (tertiary/aromatic N) is 4. The van der Waals surface area contributed by atoms with Crippen molar-refractivity contribution in [3.8, 4) is 0 Å². The Kier molecular flexibility index (Phi) is 25.0. The highest BCUT2D eigenvalue weighted by molar-refractivity contribution is 8.76. The average Bonchev–Trinajstić information content (AvgIpc) is 1.64. The summed E-state index contributed by atoms with van der Waals surface area (Å²) in [6.45, 7) is 15.3. The van der Waals surface area contributed by atoms with Gasteiger partial charge in [-0.1, -0.05) is 150 Å². The van der Waals surface area contributed by atoms with Crippen molar-refractivity contribution in [2.75, 3.05) is 37.7 Å². The topological polar surface area (TPSA) is 314 Å². The maximum absolute atomic E-state index is 15.0. The SMILES string of the molecule is CCC(C)C1NC(=O)C(CSSCC2NC(=O)C(Cc3ccccc3)NC(=O)C3CCCN3C(=O)C3CCCN3C(=O)C(C(C)C)NC(=O)C(C(C)CC)NC2=O)NC(=O)C(Cc2ccccc2)NC(=O)C2CCCN2C(=O)C2CCCN2C(=O)C(C(C)C)NC1=O. The smallest absolute Gasteiger partial charge is 0.246 e. The monoisotopic (exact) mass is 1310 g/mol. The number of hydrogen-bond donors (Lipinski definition) is 8. The van der Waals surface area contributed by atoms with Crippen LogP contribution in [0.1, 0.15) is 131 Å². The van der Waals surface area contributed by atoms with Crippen molar-refractivity contribution in [1.29, 1.82) is 0 Å². The molecule has 12 amide bonds. The third kappa shape index (κ3) is 17.1. The summed E-state index contributed by atoms with van der Waals surface area (Å²) in [5, 5.41) is 23.2. The standard InChI is InChI=1S/C66H94N12O12S2/c1-9-39(7)53-61(85)71-51(37(3)4)65(89)77-31-19-27-49(77)63(87)75-29-17-25-47(75)59(83)67-43(33-41-21-13-11-14-22-41)55(79)69-45(57(81)73-53)35-91-92-36-46-58(82)74-54(40(8)10-2)62(86)72-52(38(5)6)66(90)78-32-20-28-50(78)64(88)76-30-18-26-48(76)60(84)68-44(56(80)70-46)34-42-23-15-12-16-24-42/h11-16,21-24,37-40,43-54H,9-10,17-20,25-36H2,1-8H3,(H,67,83)(H,68,84)(H,69,79)(H,70,80)(H,71,85)(H,72,86)(H,73,81)(H,74,82). The van der Waals surface area contributed by atoms with Crippen LogP contribution in [0.3, 0.4) is 0 Å². The van der Waals surface area contributed by atoms with E-state index in [9.17, 15) is 47.9 Å². The minimum atomic E-state index is -1.43. The third-order valence-electron chi connectivity index (χ3n) is 19.0. The van der Waals surface area contributed by atoms with Crippen LogP contribution in [-0.2, 0) is 70.4 Å². The highest BCUT2D eigenvalue weighted by Gasteiger charge is 2.48. The van der Waals surface area contributed by atoms with Crippen LogP contribution in [-0.4, -0.2) is 201 Å². The Balaban J connectivity index is 1.12. The molecule has 14 unspecified atom stereocenters. The van der Waals surface area contributed by atoms with Gasteiger partial charge in [-0.05, 0) is 86.2 Å². The summed E-state index contributed by atoms with van der Waals surface area (Å²) in [4.78, 5) is 183. The second-order valence-electron chi connectivity index (χ2n) is 26.2. The lowest BCUT2D eigenvalue weighted by molar-refractivity contribution is -0.149. The second-order valence-corrected chi connectivity index (χ2v) is 28.7. The van der Waals surface area contributed by atoms with E-state index in [4.69, 9.17) is 0 Å². The van der Waals surface area contributed by atoms with Gasteiger partial charge in [0, 0.05) is 50.5 Å². The first-order chi connectivity index (χ1) is 44.0. The van der Waals surface area contributed by atoms with E-state index in [0.717, 1.165) is 21.6 Å². The molecule has 6 saturated heterocycles. The zero-order valence-corrected chi connectivity index (χ0v) is 55.9. The lowest BCUT2D eigenvalue weighted by Crippen LogP contribution is -2.63. The molecule has 502 valence electrons. The molecule has 0 radical (unpaired) electrons. The van der Waals surface area contributed by atoms with E-state index < -0.39 is 155 Å². The molecule has 0 spiro atoms. The summed E-state index contributed by atoms with van der Waals surface area (Å²) in [6.07, 6.45) is 4.12. The molecule has 2 aromatic rings. The second kappa shape index (κ2) is 32.6. The average molecular weight is 1310 g/mol. The van der Waals surface area contributed by atoms with Crippen LogP contribution >= 0.6 is 21.6 Å². The van der Waals surface area contributed by atoms with Crippen molar-refractivity contribution in [2.24, 2.45) is 23.7 Å². The van der Waals surface area contributed by atoms with Gasteiger partial charge in [-0.3, -0.25) is 57.5 Å². The molecule has 92 heavy (non-hydrogen) atoms. The van der Waals surface area contributed by atoms with Gasteiger partial charge in [0.25, 0.3) is 0 Å². The van der Waals surface area contributed by atoms with Crippen LogP contribution in [0.4, 0.5) is 0 Å². The number of carbonyl (C=O) groups excluding carboxylic acids is 12.